The summed E-state index contributed by atoms with van der Waals surface area (Å²) in [7, 11) is 0. The van der Waals surface area contributed by atoms with Crippen LogP contribution in [0.5, 0.6) is 0 Å². The molecule has 0 bridgehead atoms. The van der Waals surface area contributed by atoms with E-state index in [4.69, 9.17) is 5.73 Å². The predicted octanol–water partition coefficient (Wildman–Crippen LogP) is 3.58. The van der Waals surface area contributed by atoms with Crippen LogP contribution < -0.4 is 11.1 Å². The van der Waals surface area contributed by atoms with Crippen LogP contribution in [-0.4, -0.2) is 37.5 Å². The van der Waals surface area contributed by atoms with E-state index in [1.54, 1.807) is 0 Å². The third-order valence-corrected chi connectivity index (χ3v) is 6.75. The van der Waals surface area contributed by atoms with Crippen molar-refractivity contribution in [1.29, 1.82) is 0 Å². The molecule has 0 unspecified atom stereocenters. The number of likely N-dealkylation sites (tertiary alicyclic amines) is 1. The highest BCUT2D eigenvalue weighted by atomic mass is 32.1. The molecular formula is C22H31N3OS. The normalized spacial score (nSPS) is 14.6. The fourth-order valence-electron chi connectivity index (χ4n) is 3.97. The highest BCUT2D eigenvalue weighted by Gasteiger charge is 2.18. The summed E-state index contributed by atoms with van der Waals surface area (Å²) in [5.74, 6) is 0. The monoisotopic (exact) mass is 385 g/mol. The minimum atomic E-state index is 0.547. The molecule has 0 aliphatic carbocycles. The van der Waals surface area contributed by atoms with E-state index in [9.17, 15) is 4.79 Å². The number of hydrogen-bond donors (Lipinski definition) is 2. The molecule has 1 aromatic carbocycles. The fraction of sp³-hybridized carbons (Fsp3) is 0.500. The van der Waals surface area contributed by atoms with Gasteiger partial charge in [0.1, 0.15) is 0 Å². The van der Waals surface area contributed by atoms with Gasteiger partial charge in [0.05, 0.1) is 0 Å². The zero-order valence-corrected chi connectivity index (χ0v) is 16.9. The Labute approximate surface area is 166 Å². The van der Waals surface area contributed by atoms with E-state index >= 15 is 0 Å². The van der Waals surface area contributed by atoms with E-state index in [0.717, 1.165) is 19.3 Å². The Morgan fingerprint density at radius 2 is 1.85 bits per heavy atom. The number of aryl methyl sites for hydroxylation is 1. The Kier molecular flexibility index (Phi) is 7.87. The molecule has 1 aliphatic heterocycles. The standard InChI is InChI=1S/C22H31N3OS/c23-16-20-19(11-12-24-17-26)21(10-4-5-13-25-14-6-7-15-25)27-22(20)18-8-2-1-3-9-18/h1-3,8-9,17H,4-7,10-16,23H2,(H,24,26). The number of carbonyl (C=O) groups is 1. The van der Waals surface area contributed by atoms with Crippen molar-refractivity contribution in [3.05, 3.63) is 46.3 Å². The van der Waals surface area contributed by atoms with Crippen molar-refractivity contribution in [2.75, 3.05) is 26.2 Å². The maximum atomic E-state index is 10.7. The Bertz CT molecular complexity index is 708. The Hall–Kier alpha value is -1.69. The first kappa shape index (κ1) is 20.1. The van der Waals surface area contributed by atoms with Crippen LogP contribution >= 0.6 is 11.3 Å². The number of carbonyl (C=O) groups excluding carboxylic acids is 1. The number of nitrogens with two attached hydrogens (primary N) is 1. The number of unbranched alkanes of at least 4 members (excludes halogenated alkanes) is 1. The maximum absolute atomic E-state index is 10.7. The van der Waals surface area contributed by atoms with Gasteiger partial charge in [-0.25, -0.2) is 0 Å². The lowest BCUT2D eigenvalue weighted by Gasteiger charge is -2.14. The van der Waals surface area contributed by atoms with Crippen LogP contribution in [0.2, 0.25) is 0 Å². The molecule has 4 nitrogen and oxygen atoms in total. The number of rotatable bonds is 11. The molecule has 2 heterocycles. The highest BCUT2D eigenvalue weighted by Crippen LogP contribution is 2.37. The Balaban J connectivity index is 1.73. The van der Waals surface area contributed by atoms with Gasteiger partial charge in [0, 0.05) is 22.8 Å². The molecule has 1 amide bonds. The van der Waals surface area contributed by atoms with E-state index in [1.165, 1.54) is 71.8 Å². The first-order valence-electron chi connectivity index (χ1n) is 10.1. The molecule has 0 atom stereocenters. The van der Waals surface area contributed by atoms with Crippen molar-refractivity contribution in [3.63, 3.8) is 0 Å². The van der Waals surface area contributed by atoms with Gasteiger partial charge in [-0.1, -0.05) is 30.3 Å². The molecule has 0 saturated carbocycles. The summed E-state index contributed by atoms with van der Waals surface area (Å²) >= 11 is 1.89. The average Bonchev–Trinajstić information content (AvgIpc) is 3.34. The van der Waals surface area contributed by atoms with Gasteiger partial charge in [-0.3, -0.25) is 4.79 Å². The van der Waals surface area contributed by atoms with E-state index in [1.807, 2.05) is 17.4 Å². The number of nitrogens with one attached hydrogen (secondary N) is 1. The van der Waals surface area contributed by atoms with Crippen molar-refractivity contribution in [3.8, 4) is 10.4 Å². The number of benzene rings is 1. The van der Waals surface area contributed by atoms with Gasteiger partial charge in [0.25, 0.3) is 0 Å². The topological polar surface area (TPSA) is 58.4 Å². The van der Waals surface area contributed by atoms with Gasteiger partial charge in [0.15, 0.2) is 0 Å². The second-order valence-corrected chi connectivity index (χ2v) is 8.31. The summed E-state index contributed by atoms with van der Waals surface area (Å²) in [6.45, 7) is 4.99. The van der Waals surface area contributed by atoms with Gasteiger partial charge < -0.3 is 16.0 Å². The highest BCUT2D eigenvalue weighted by molar-refractivity contribution is 7.15. The molecule has 2 aromatic rings. The number of nitrogens with zero attached hydrogens (tertiary/aromatic N) is 1. The molecule has 0 spiro atoms. The molecular weight excluding hydrogens is 354 g/mol. The van der Waals surface area contributed by atoms with E-state index in [2.05, 4.69) is 34.5 Å². The predicted molar refractivity (Wildman–Crippen MR) is 114 cm³/mol. The molecule has 5 heteroatoms. The molecule has 1 fully saturated rings. The van der Waals surface area contributed by atoms with E-state index in [0.29, 0.717) is 13.1 Å². The van der Waals surface area contributed by atoms with Gasteiger partial charge in [0.2, 0.25) is 6.41 Å². The van der Waals surface area contributed by atoms with E-state index in [-0.39, 0.29) is 0 Å². The molecule has 1 aliphatic rings. The second-order valence-electron chi connectivity index (χ2n) is 7.21. The summed E-state index contributed by atoms with van der Waals surface area (Å²) in [6, 6.07) is 10.5. The van der Waals surface area contributed by atoms with E-state index < -0.39 is 0 Å². The van der Waals surface area contributed by atoms with Crippen molar-refractivity contribution in [2.45, 2.75) is 45.1 Å². The average molecular weight is 386 g/mol. The van der Waals surface area contributed by atoms with Crippen LogP contribution in [0.4, 0.5) is 0 Å². The first-order valence-corrected chi connectivity index (χ1v) is 10.9. The van der Waals surface area contributed by atoms with Gasteiger partial charge in [-0.2, -0.15) is 0 Å². The van der Waals surface area contributed by atoms with Crippen LogP contribution in [0.15, 0.2) is 30.3 Å². The largest absolute Gasteiger partial charge is 0.358 e. The molecule has 1 aromatic heterocycles. The quantitative estimate of drug-likeness (QED) is 0.459. The summed E-state index contributed by atoms with van der Waals surface area (Å²) in [5, 5.41) is 2.81. The lowest BCUT2D eigenvalue weighted by Crippen LogP contribution is -2.20. The van der Waals surface area contributed by atoms with Crippen LogP contribution in [-0.2, 0) is 24.2 Å². The smallest absolute Gasteiger partial charge is 0.207 e. The van der Waals surface area contributed by atoms with Crippen molar-refractivity contribution in [1.82, 2.24) is 10.2 Å². The summed E-state index contributed by atoms with van der Waals surface area (Å²) in [5.41, 5.74) is 10.0. The Morgan fingerprint density at radius 1 is 1.07 bits per heavy atom. The van der Waals surface area contributed by atoms with Gasteiger partial charge in [-0.05, 0) is 74.8 Å². The number of hydrogen-bond acceptors (Lipinski definition) is 4. The van der Waals surface area contributed by atoms with Crippen LogP contribution in [0, 0.1) is 0 Å². The first-order chi connectivity index (χ1) is 13.3. The molecule has 0 radical (unpaired) electrons. The third kappa shape index (κ3) is 5.41. The van der Waals surface area contributed by atoms with Crippen LogP contribution in [0.3, 0.4) is 0 Å². The molecule has 27 heavy (non-hydrogen) atoms. The lowest BCUT2D eigenvalue weighted by atomic mass is 10.00. The van der Waals surface area contributed by atoms with Gasteiger partial charge >= 0.3 is 0 Å². The SMILES string of the molecule is NCc1c(-c2ccccc2)sc(CCCCN2CCCC2)c1CCNC=O. The Morgan fingerprint density at radius 3 is 2.56 bits per heavy atom. The lowest BCUT2D eigenvalue weighted by molar-refractivity contribution is -0.109. The molecule has 1 saturated heterocycles. The summed E-state index contributed by atoms with van der Waals surface area (Å²) < 4.78 is 0. The maximum Gasteiger partial charge on any atom is 0.207 e. The number of thiophene rings is 1. The zero-order chi connectivity index (χ0) is 18.9. The molecule has 3 rings (SSSR count). The van der Waals surface area contributed by atoms with Crippen LogP contribution in [0.25, 0.3) is 10.4 Å². The minimum Gasteiger partial charge on any atom is -0.358 e. The second kappa shape index (κ2) is 10.6. The fourth-order valence-corrected chi connectivity index (χ4v) is 5.39. The molecule has 3 N–H and O–H groups in total. The van der Waals surface area contributed by atoms with Crippen molar-refractivity contribution in [2.24, 2.45) is 5.73 Å². The minimum absolute atomic E-state index is 0.547. The van der Waals surface area contributed by atoms with Crippen LogP contribution in [0.1, 0.15) is 41.7 Å². The van der Waals surface area contributed by atoms with Crippen molar-refractivity contribution < 1.29 is 4.79 Å². The zero-order valence-electron chi connectivity index (χ0n) is 16.1. The third-order valence-electron chi connectivity index (χ3n) is 5.37. The molecule has 146 valence electrons. The number of amides is 1. The van der Waals surface area contributed by atoms with Crippen molar-refractivity contribution >= 4 is 17.7 Å². The van der Waals surface area contributed by atoms with Gasteiger partial charge in [-0.15, -0.1) is 11.3 Å². The summed E-state index contributed by atoms with van der Waals surface area (Å²) in [4.78, 5) is 16.0. The summed E-state index contributed by atoms with van der Waals surface area (Å²) in [6.07, 6.45) is 7.93.